The minimum atomic E-state index is -1.90. The molecule has 0 unspecified atom stereocenters. The van der Waals surface area contributed by atoms with Crippen LogP contribution in [0.4, 0.5) is 0 Å². The molecular formula is C46H57Cl2HfSi3. The van der Waals surface area contributed by atoms with Crippen molar-refractivity contribution in [2.45, 2.75) is 78.6 Å². The van der Waals surface area contributed by atoms with Gasteiger partial charge in [0, 0.05) is 9.52 Å². The molecule has 52 heavy (non-hydrogen) atoms. The van der Waals surface area contributed by atoms with Gasteiger partial charge in [0.05, 0.1) is 16.1 Å². The second kappa shape index (κ2) is 23.5. The van der Waals surface area contributed by atoms with Crippen molar-refractivity contribution >= 4 is 56.8 Å². The van der Waals surface area contributed by atoms with Crippen LogP contribution in [0, 0.1) is 0 Å². The van der Waals surface area contributed by atoms with Crippen LogP contribution in [0.25, 0.3) is 0 Å². The first-order chi connectivity index (χ1) is 23.7. The average molecular weight is 944 g/mol. The van der Waals surface area contributed by atoms with E-state index in [2.05, 4.69) is 212 Å². The van der Waals surface area contributed by atoms with Gasteiger partial charge in [-0.1, -0.05) is 209 Å². The molecule has 0 aliphatic carbocycles. The SMILES string of the molecule is CC(C)c1cc([Si](C)(c2ccccc2)c2ccccc2)c[cH-]1.CC(C)c1cc([Si](C)(c2ccccc2)c2ccccc2)c[cH-]1.CC[SiH]CC.[Cl-].[Cl-].[Hf+4]. The first-order valence-corrected chi connectivity index (χ1v) is 24.9. The van der Waals surface area contributed by atoms with Crippen molar-refractivity contribution in [3.63, 3.8) is 0 Å². The number of benzene rings is 4. The van der Waals surface area contributed by atoms with E-state index in [0.29, 0.717) is 11.8 Å². The maximum absolute atomic E-state index is 2.47. The molecule has 0 saturated carbocycles. The van der Waals surface area contributed by atoms with Crippen LogP contribution in [-0.4, -0.2) is 25.7 Å². The summed E-state index contributed by atoms with van der Waals surface area (Å²) in [5, 5.41) is 8.91. The molecule has 0 aliphatic rings. The Kier molecular flexibility index (Phi) is 21.5. The summed E-state index contributed by atoms with van der Waals surface area (Å²) >= 11 is 0. The Hall–Kier alpha value is -2.32. The number of hydrogen-bond acceptors (Lipinski definition) is 0. The zero-order valence-corrected chi connectivity index (χ0v) is 40.7. The third kappa shape index (κ3) is 11.8. The topological polar surface area (TPSA) is 0 Å². The second-order valence-corrected chi connectivity index (χ2v) is 24.2. The second-order valence-electron chi connectivity index (χ2n) is 14.0. The first-order valence-electron chi connectivity index (χ1n) is 18.2. The fourth-order valence-electron chi connectivity index (χ4n) is 6.64. The molecule has 6 aromatic rings. The molecule has 0 spiro atoms. The van der Waals surface area contributed by atoms with Crippen molar-refractivity contribution in [2.24, 2.45) is 0 Å². The summed E-state index contributed by atoms with van der Waals surface area (Å²) < 4.78 is 0. The van der Waals surface area contributed by atoms with Crippen molar-refractivity contribution in [3.8, 4) is 0 Å². The van der Waals surface area contributed by atoms with E-state index in [-0.39, 0.29) is 50.7 Å². The van der Waals surface area contributed by atoms with Crippen LogP contribution < -0.4 is 55.9 Å². The minimum absolute atomic E-state index is 0. The molecule has 0 fully saturated rings. The fraction of sp³-hybridized carbons (Fsp3) is 0.261. The van der Waals surface area contributed by atoms with Gasteiger partial charge < -0.3 is 24.8 Å². The van der Waals surface area contributed by atoms with E-state index in [1.54, 1.807) is 0 Å². The summed E-state index contributed by atoms with van der Waals surface area (Å²) in [5.41, 5.74) is 2.89. The van der Waals surface area contributed by atoms with Crippen molar-refractivity contribution in [1.82, 2.24) is 0 Å². The van der Waals surface area contributed by atoms with Crippen molar-refractivity contribution in [2.75, 3.05) is 0 Å². The van der Waals surface area contributed by atoms with Crippen LogP contribution in [0.2, 0.25) is 25.2 Å². The Morgan fingerprint density at radius 3 is 0.885 bits per heavy atom. The van der Waals surface area contributed by atoms with Crippen molar-refractivity contribution < 1.29 is 50.7 Å². The molecule has 6 aromatic carbocycles. The van der Waals surface area contributed by atoms with Gasteiger partial charge in [0.1, 0.15) is 0 Å². The molecule has 1 radical (unpaired) electrons. The van der Waals surface area contributed by atoms with E-state index >= 15 is 0 Å². The normalized spacial score (nSPS) is 10.8. The molecule has 0 bridgehead atoms. The monoisotopic (exact) mass is 943 g/mol. The first kappa shape index (κ1) is 47.7. The zero-order chi connectivity index (χ0) is 35.3. The Balaban J connectivity index is 0.000000438. The summed E-state index contributed by atoms with van der Waals surface area (Å²) in [5.74, 6) is 1.16. The maximum atomic E-state index is 2.47. The zero-order valence-electron chi connectivity index (χ0n) is 32.4. The molecule has 0 saturated heterocycles. The Labute approximate surface area is 352 Å². The molecule has 0 nitrogen and oxygen atoms in total. The van der Waals surface area contributed by atoms with E-state index in [9.17, 15) is 0 Å². The van der Waals surface area contributed by atoms with Crippen molar-refractivity contribution in [3.05, 3.63) is 169 Å². The minimum Gasteiger partial charge on any atom is -1.00 e. The largest absolute Gasteiger partial charge is 4.00 e. The predicted molar refractivity (Wildman–Crippen MR) is 227 cm³/mol. The number of hydrogen-bond donors (Lipinski definition) is 0. The van der Waals surface area contributed by atoms with E-state index in [1.165, 1.54) is 54.3 Å². The van der Waals surface area contributed by atoms with Gasteiger partial charge in [-0.2, -0.15) is 45.8 Å². The van der Waals surface area contributed by atoms with Gasteiger partial charge in [0.25, 0.3) is 0 Å². The molecule has 0 amide bonds. The Bertz CT molecular complexity index is 1570. The summed E-state index contributed by atoms with van der Waals surface area (Å²) in [6, 6.07) is 61.1. The predicted octanol–water partition coefficient (Wildman–Crippen LogP) is 2.56. The van der Waals surface area contributed by atoms with Crippen LogP contribution >= 0.6 is 0 Å². The van der Waals surface area contributed by atoms with Crippen LogP contribution in [0.3, 0.4) is 0 Å². The molecule has 0 atom stereocenters. The summed E-state index contributed by atoms with van der Waals surface area (Å²) in [7, 11) is -2.99. The fourth-order valence-corrected chi connectivity index (χ4v) is 14.4. The summed E-state index contributed by atoms with van der Waals surface area (Å²) in [6.45, 7) is 18.5. The van der Waals surface area contributed by atoms with E-state index in [4.69, 9.17) is 0 Å². The summed E-state index contributed by atoms with van der Waals surface area (Å²) in [6.07, 6.45) is 0. The summed E-state index contributed by atoms with van der Waals surface area (Å²) in [4.78, 5) is 0. The number of rotatable bonds is 10. The Morgan fingerprint density at radius 1 is 0.462 bits per heavy atom. The van der Waals surface area contributed by atoms with E-state index in [1.807, 2.05) is 0 Å². The van der Waals surface area contributed by atoms with Gasteiger partial charge in [-0.05, 0) is 11.8 Å². The molecule has 0 N–H and O–H groups in total. The molecule has 0 heterocycles. The van der Waals surface area contributed by atoms with Gasteiger partial charge in [0.2, 0.25) is 0 Å². The third-order valence-electron chi connectivity index (χ3n) is 10.0. The van der Waals surface area contributed by atoms with Gasteiger partial charge in [-0.25, -0.2) is 12.1 Å². The molecule has 0 aliphatic heterocycles. The van der Waals surface area contributed by atoms with Crippen LogP contribution in [0.1, 0.15) is 64.5 Å². The van der Waals surface area contributed by atoms with Gasteiger partial charge in [-0.3, -0.25) is 0 Å². The van der Waals surface area contributed by atoms with E-state index < -0.39 is 16.1 Å². The maximum Gasteiger partial charge on any atom is 4.00 e. The third-order valence-corrected chi connectivity index (χ3v) is 20.1. The van der Waals surface area contributed by atoms with Crippen LogP contribution in [-0.2, 0) is 25.8 Å². The quantitative estimate of drug-likeness (QED) is 0.147. The van der Waals surface area contributed by atoms with Gasteiger partial charge in [0.15, 0.2) is 0 Å². The molecule has 6 heteroatoms. The van der Waals surface area contributed by atoms with Crippen molar-refractivity contribution in [1.29, 1.82) is 0 Å². The van der Waals surface area contributed by atoms with Gasteiger partial charge >= 0.3 is 25.8 Å². The van der Waals surface area contributed by atoms with Crippen LogP contribution in [0.5, 0.6) is 0 Å². The smallest absolute Gasteiger partial charge is 1.00 e. The molecule has 6 rings (SSSR count). The standard InChI is InChI=1S/2C21H23Si.C4H11Si.2ClH.Hf/c2*1-17(2)18-14-15-21(16-18)22(3,19-10-6-4-7-11-19)20-12-8-5-9-13-20;1-3-5-4-2;;;/h2*4-17H,1-3H3;5H,3-4H2,1-2H3;2*1H;/q2*-1;;;;+4/p-2. The number of halogens is 2. The molecular weight excluding hydrogens is 886 g/mol. The Morgan fingerprint density at radius 2 is 0.712 bits per heavy atom. The van der Waals surface area contributed by atoms with E-state index in [0.717, 1.165) is 9.52 Å². The molecule has 0 aromatic heterocycles. The molecule has 271 valence electrons. The van der Waals surface area contributed by atoms with Crippen LogP contribution in [0.15, 0.2) is 158 Å². The average Bonchev–Trinajstić information content (AvgIpc) is 3.86. The van der Waals surface area contributed by atoms with Gasteiger partial charge in [-0.15, -0.1) is 0 Å².